The lowest BCUT2D eigenvalue weighted by molar-refractivity contribution is -0.149. The second-order valence-electron chi connectivity index (χ2n) is 17.9. The van der Waals surface area contributed by atoms with Gasteiger partial charge in [-0.15, -0.1) is 0 Å². The number of hydrogen-bond acceptors (Lipinski definition) is 9. The summed E-state index contributed by atoms with van der Waals surface area (Å²) < 4.78 is 11.4. The zero-order chi connectivity index (χ0) is 45.4. The van der Waals surface area contributed by atoms with E-state index in [1.807, 2.05) is 20.2 Å². The first-order chi connectivity index (χ1) is 30.5. The van der Waals surface area contributed by atoms with Gasteiger partial charge >= 0.3 is 5.97 Å². The molecule has 0 aliphatic heterocycles. The van der Waals surface area contributed by atoms with E-state index in [1.54, 1.807) is 6.33 Å². The maximum absolute atomic E-state index is 12.4. The first-order valence-electron chi connectivity index (χ1n) is 26.6. The summed E-state index contributed by atoms with van der Waals surface area (Å²) in [6, 6.07) is 1.93. The van der Waals surface area contributed by atoms with Crippen molar-refractivity contribution in [2.24, 2.45) is 0 Å². The molecule has 0 saturated carbocycles. The lowest BCUT2D eigenvalue weighted by atomic mass is 10.0. The average Bonchev–Trinajstić information content (AvgIpc) is 3.29. The highest BCUT2D eigenvalue weighted by Crippen LogP contribution is 2.18. The van der Waals surface area contributed by atoms with Crippen LogP contribution in [0, 0.1) is 0 Å². The largest absolute Gasteiger partial charge is 0.462 e. The number of rotatable bonds is 46. The van der Waals surface area contributed by atoms with Crippen LogP contribution in [0.1, 0.15) is 252 Å². The number of carbonyl (C=O) groups is 2. The zero-order valence-corrected chi connectivity index (χ0v) is 41.9. The van der Waals surface area contributed by atoms with Crippen LogP contribution in [0.15, 0.2) is 12.4 Å². The van der Waals surface area contributed by atoms with Crippen molar-refractivity contribution >= 4 is 23.9 Å². The van der Waals surface area contributed by atoms with Gasteiger partial charge in [-0.1, -0.05) is 175 Å². The molecule has 0 amide bonds. The Bertz CT molecular complexity index is 1060. The van der Waals surface area contributed by atoms with Gasteiger partial charge in [0.15, 0.2) is 0 Å². The normalized spacial score (nSPS) is 11.7. The topological polar surface area (TPSA) is 106 Å². The van der Waals surface area contributed by atoms with Gasteiger partial charge in [0.2, 0.25) is 0 Å². The third-order valence-corrected chi connectivity index (χ3v) is 12.3. The van der Waals surface area contributed by atoms with Crippen LogP contribution in [0.5, 0.6) is 0 Å². The zero-order valence-electron chi connectivity index (χ0n) is 41.9. The Morgan fingerprint density at radius 3 is 1.55 bits per heavy atom. The summed E-state index contributed by atoms with van der Waals surface area (Å²) in [7, 11) is 3.75. The fourth-order valence-corrected chi connectivity index (χ4v) is 8.10. The van der Waals surface area contributed by atoms with Crippen molar-refractivity contribution in [3.8, 4) is 0 Å². The Hall–Kier alpha value is -2.26. The number of unbranched alkanes of at least 4 members (excludes halogenated alkanes) is 24. The average molecular weight is 874 g/mol. The molecule has 0 radical (unpaired) electrons. The van der Waals surface area contributed by atoms with E-state index in [1.165, 1.54) is 167 Å². The summed E-state index contributed by atoms with van der Waals surface area (Å²) in [6.07, 6.45) is 45.9. The molecule has 0 fully saturated rings. The number of aldehydes is 1. The van der Waals surface area contributed by atoms with Crippen molar-refractivity contribution in [1.82, 2.24) is 14.9 Å². The minimum atomic E-state index is -0.00655. The van der Waals surface area contributed by atoms with Gasteiger partial charge in [0.25, 0.3) is 0 Å². The van der Waals surface area contributed by atoms with Gasteiger partial charge in [0.05, 0.1) is 6.10 Å². The Kier molecular flexibility index (Phi) is 46.4. The van der Waals surface area contributed by atoms with Crippen molar-refractivity contribution in [3.05, 3.63) is 12.4 Å². The van der Waals surface area contributed by atoms with Crippen molar-refractivity contribution < 1.29 is 19.1 Å². The molecule has 2 N–H and O–H groups in total. The summed E-state index contributed by atoms with van der Waals surface area (Å²) in [5.74, 6) is 1.67. The third kappa shape index (κ3) is 40.5. The lowest BCUT2D eigenvalue weighted by Gasteiger charge is -2.22. The summed E-state index contributed by atoms with van der Waals surface area (Å²) in [6.45, 7) is 13.2. The smallest absolute Gasteiger partial charge is 0.306 e. The molecule has 0 bridgehead atoms. The number of esters is 1. The van der Waals surface area contributed by atoms with Crippen molar-refractivity contribution in [2.45, 2.75) is 265 Å². The van der Waals surface area contributed by atoms with Gasteiger partial charge in [0, 0.05) is 39.6 Å². The Balaban J connectivity index is 0.00000164. The highest BCUT2D eigenvalue weighted by atomic mass is 16.5. The number of hydrogen-bond donors (Lipinski definition) is 2. The van der Waals surface area contributed by atoms with Crippen molar-refractivity contribution in [1.29, 1.82) is 0 Å². The van der Waals surface area contributed by atoms with Gasteiger partial charge in [-0.05, 0) is 83.8 Å². The predicted molar refractivity (Wildman–Crippen MR) is 268 cm³/mol. The van der Waals surface area contributed by atoms with Crippen LogP contribution >= 0.6 is 0 Å². The summed E-state index contributed by atoms with van der Waals surface area (Å²) in [4.78, 5) is 34.0. The van der Waals surface area contributed by atoms with Gasteiger partial charge in [0.1, 0.15) is 30.4 Å². The number of anilines is 2. The number of aromatic nitrogens is 2. The third-order valence-electron chi connectivity index (χ3n) is 12.3. The van der Waals surface area contributed by atoms with Gasteiger partial charge in [-0.25, -0.2) is 9.97 Å². The lowest BCUT2D eigenvalue weighted by Crippen LogP contribution is -2.28. The van der Waals surface area contributed by atoms with Gasteiger partial charge < -0.3 is 29.8 Å². The predicted octanol–water partition coefficient (Wildman–Crippen LogP) is 15.1. The first-order valence-corrected chi connectivity index (χ1v) is 26.6. The van der Waals surface area contributed by atoms with E-state index in [9.17, 15) is 9.59 Å². The van der Waals surface area contributed by atoms with Crippen molar-refractivity contribution in [3.63, 3.8) is 0 Å². The Labute approximate surface area is 384 Å². The molecule has 0 aromatic carbocycles. The van der Waals surface area contributed by atoms with Crippen LogP contribution in [-0.4, -0.2) is 79.7 Å². The molecule has 364 valence electrons. The molecule has 1 atom stereocenters. The molecule has 0 saturated heterocycles. The van der Waals surface area contributed by atoms with Crippen LogP contribution in [-0.2, 0) is 19.1 Å². The first kappa shape index (κ1) is 59.7. The Morgan fingerprint density at radius 1 is 0.597 bits per heavy atom. The quantitative estimate of drug-likeness (QED) is 0.0376. The number of nitrogens with zero attached hydrogens (tertiary/aromatic N) is 3. The maximum atomic E-state index is 12.4. The second kappa shape index (κ2) is 48.2. The SMILES string of the molecule is CCCCCCCCC(CC)OC(=O)CCCCCCCN(CCCCCCCC=O)CCCNc1cc(NC)ncn1.CCCCCCCCC(CCCCCCCC)OC. The van der Waals surface area contributed by atoms with E-state index < -0.39 is 0 Å². The number of methoxy groups -OCH3 is 1. The standard InChI is InChI=1S/C35H65N5O3.C18H38O/c1-4-6-7-8-12-17-23-32(5-2)43-35(42)24-18-13-11-15-20-27-40(26-19-14-9-10-16-21-29-41)28-22-25-37-34-30-33(36-3)38-31-39-34;1-4-6-8-10-12-14-16-18(19-3)17-15-13-11-9-7-5-2/h29-32H,4-28H2,1-3H3,(H2,36,37,38,39);18H,4-17H2,1-3H3. The van der Waals surface area contributed by atoms with Crippen molar-refractivity contribution in [2.75, 3.05) is 51.0 Å². The summed E-state index contributed by atoms with van der Waals surface area (Å²) >= 11 is 0. The van der Waals surface area contributed by atoms with Crippen LogP contribution in [0.3, 0.4) is 0 Å². The second-order valence-corrected chi connectivity index (χ2v) is 17.9. The summed E-state index contributed by atoms with van der Waals surface area (Å²) in [5, 5.41) is 6.47. The number of nitrogens with one attached hydrogen (secondary N) is 2. The molecule has 1 rings (SSSR count). The molecule has 62 heavy (non-hydrogen) atoms. The molecule has 0 aliphatic rings. The number of carbonyl (C=O) groups excluding carboxylic acids is 2. The summed E-state index contributed by atoms with van der Waals surface area (Å²) in [5.41, 5.74) is 0. The fraction of sp³-hybridized carbons (Fsp3) is 0.887. The van der Waals surface area contributed by atoms with E-state index in [0.717, 1.165) is 89.0 Å². The molecule has 0 spiro atoms. The highest BCUT2D eigenvalue weighted by molar-refractivity contribution is 5.69. The molecular weight excluding hydrogens is 771 g/mol. The van der Waals surface area contributed by atoms with Crippen LogP contribution in [0.2, 0.25) is 0 Å². The molecule has 1 unspecified atom stereocenters. The minimum absolute atomic E-state index is 0.00655. The van der Waals surface area contributed by atoms with E-state index in [4.69, 9.17) is 9.47 Å². The number of ether oxygens (including phenoxy) is 2. The molecular formula is C53H103N5O4. The molecule has 9 nitrogen and oxygen atoms in total. The van der Waals surface area contributed by atoms with Crippen LogP contribution < -0.4 is 10.6 Å². The van der Waals surface area contributed by atoms with E-state index in [-0.39, 0.29) is 12.1 Å². The monoisotopic (exact) mass is 874 g/mol. The molecule has 1 heterocycles. The fourth-order valence-electron chi connectivity index (χ4n) is 8.10. The maximum Gasteiger partial charge on any atom is 0.306 e. The molecule has 1 aromatic rings. The van der Waals surface area contributed by atoms with Crippen LogP contribution in [0.4, 0.5) is 11.6 Å². The molecule has 1 aromatic heterocycles. The van der Waals surface area contributed by atoms with E-state index in [0.29, 0.717) is 18.9 Å². The van der Waals surface area contributed by atoms with E-state index in [2.05, 4.69) is 53.2 Å². The minimum Gasteiger partial charge on any atom is -0.462 e. The molecule has 0 aliphatic carbocycles. The molecule has 9 heteroatoms. The highest BCUT2D eigenvalue weighted by Gasteiger charge is 2.13. The Morgan fingerprint density at radius 2 is 1.05 bits per heavy atom. The van der Waals surface area contributed by atoms with E-state index >= 15 is 0 Å². The van der Waals surface area contributed by atoms with Gasteiger partial charge in [-0.3, -0.25) is 4.79 Å². The van der Waals surface area contributed by atoms with Gasteiger partial charge in [-0.2, -0.15) is 0 Å². The van der Waals surface area contributed by atoms with Crippen LogP contribution in [0.25, 0.3) is 0 Å².